The maximum absolute atomic E-state index is 4.33. The van der Waals surface area contributed by atoms with Gasteiger partial charge in [0.15, 0.2) is 6.33 Å². The van der Waals surface area contributed by atoms with Crippen LogP contribution in [0.4, 0.5) is 0 Å². The summed E-state index contributed by atoms with van der Waals surface area (Å²) in [4.78, 5) is 10.8. The van der Waals surface area contributed by atoms with Crippen molar-refractivity contribution >= 4 is 45.7 Å². The summed E-state index contributed by atoms with van der Waals surface area (Å²) in [6.45, 7) is 63.0. The normalized spacial score (nSPS) is 7.45. The lowest BCUT2D eigenvalue weighted by Gasteiger charge is -1.79. The number of hydrogen-bond acceptors (Lipinski definition) is 13. The van der Waals surface area contributed by atoms with Crippen molar-refractivity contribution in [2.45, 2.75) is 208 Å². The first kappa shape index (κ1) is 93.0. The minimum absolute atomic E-state index is 0.833. The van der Waals surface area contributed by atoms with E-state index in [1.54, 1.807) is 58.4 Å². The predicted molar refractivity (Wildman–Crippen MR) is 310 cm³/mol. The van der Waals surface area contributed by atoms with Gasteiger partial charge in [-0.05, 0) is 81.5 Å². The SMILES string of the molecule is CC.CC.CC.CC.CC.CC.CC(C)C.CC(C)C.CC(C)C.CC(C)C.CC(C)C.CC(C)C.c1ccsc1.c1cnoc1.c1cnsc1.c1cscn1.c1ncon1.c1ncsn1. The van der Waals surface area contributed by atoms with Crippen molar-refractivity contribution in [2.75, 3.05) is 0 Å². The van der Waals surface area contributed by atoms with Crippen molar-refractivity contribution in [2.24, 2.45) is 35.5 Å². The van der Waals surface area contributed by atoms with Crippen molar-refractivity contribution in [3.05, 3.63) is 101 Å². The molecule has 0 spiro atoms. The van der Waals surface area contributed by atoms with Crippen LogP contribution in [-0.2, 0) is 0 Å². The molecule has 66 heavy (non-hydrogen) atoms. The molecule has 6 heterocycles. The lowest BCUT2D eigenvalue weighted by Crippen LogP contribution is -1.66. The van der Waals surface area contributed by atoms with E-state index in [0.717, 1.165) is 35.5 Å². The fourth-order valence-corrected chi connectivity index (χ4v) is 2.45. The molecular weight excluding hydrogens is 895 g/mol. The molecule has 9 nitrogen and oxygen atoms in total. The van der Waals surface area contributed by atoms with E-state index in [9.17, 15) is 0 Å². The van der Waals surface area contributed by atoms with Gasteiger partial charge in [-0.2, -0.15) is 15.7 Å². The van der Waals surface area contributed by atoms with Crippen molar-refractivity contribution in [3.8, 4) is 0 Å². The molecule has 396 valence electrons. The second kappa shape index (κ2) is 114. The van der Waals surface area contributed by atoms with Crippen LogP contribution in [-0.4, -0.2) is 34.0 Å². The Bertz CT molecular complexity index is 818. The molecule has 0 aliphatic heterocycles. The quantitative estimate of drug-likeness (QED) is 0.147. The Kier molecular flexibility index (Phi) is 160. The molecule has 0 amide bonds. The van der Waals surface area contributed by atoms with Gasteiger partial charge in [-0.15, -0.1) is 11.3 Å². The molecule has 0 radical (unpaired) electrons. The Hall–Kier alpha value is -3.13. The van der Waals surface area contributed by atoms with Crippen LogP contribution < -0.4 is 0 Å². The third kappa shape index (κ3) is 302. The van der Waals surface area contributed by atoms with Crippen LogP contribution in [0.25, 0.3) is 0 Å². The average Bonchev–Trinajstić information content (AvgIpc) is 4.15. The van der Waals surface area contributed by atoms with Gasteiger partial charge in [0.1, 0.15) is 18.1 Å². The molecule has 0 N–H and O–H groups in total. The van der Waals surface area contributed by atoms with Crippen LogP contribution in [0.15, 0.2) is 110 Å². The van der Waals surface area contributed by atoms with Gasteiger partial charge in [-0.25, -0.2) is 14.3 Å². The summed E-state index contributed by atoms with van der Waals surface area (Å²) < 4.78 is 16.0. The van der Waals surface area contributed by atoms with Crippen LogP contribution in [0.1, 0.15) is 208 Å². The summed E-state index contributed by atoms with van der Waals surface area (Å²) in [5.41, 5.74) is 3.47. The highest BCUT2D eigenvalue weighted by atomic mass is 32.1. The molecule has 6 rings (SSSR count). The third-order valence-corrected chi connectivity index (χ3v) is 4.14. The molecular formula is C53H113N7O2S4. The van der Waals surface area contributed by atoms with E-state index in [2.05, 4.69) is 168 Å². The molecule has 0 aliphatic carbocycles. The van der Waals surface area contributed by atoms with Crippen LogP contribution >= 0.6 is 45.7 Å². The standard InChI is InChI=1S/C4H4S.6C4H10.C3H3NO.2C3H3NS.C2H2N2O.C2H2N2S.6C2H6/c1-2-4-5-3-1;6*1-4(2)3;1-2-4-5-3-1;1-2-5-3-4-1;1-2-4-5-3-1;2*1-3-2-5-4-1;6*1-2/h1-4H;6*4H,1-3H3;3*1-3H;2*1-2H;6*1-2H3. The number of aromatic nitrogens is 7. The number of rotatable bonds is 0. The molecule has 0 aromatic carbocycles. The second-order valence-electron chi connectivity index (χ2n) is 14.4. The van der Waals surface area contributed by atoms with Crippen molar-refractivity contribution in [3.63, 3.8) is 0 Å². The van der Waals surface area contributed by atoms with E-state index >= 15 is 0 Å². The Labute approximate surface area is 430 Å². The minimum Gasteiger partial charge on any atom is -0.365 e. The highest BCUT2D eigenvalue weighted by Crippen LogP contribution is 1.91. The molecule has 0 unspecified atom stereocenters. The van der Waals surface area contributed by atoms with Crippen molar-refractivity contribution in [1.29, 1.82) is 0 Å². The Morgan fingerprint density at radius 3 is 0.848 bits per heavy atom. The summed E-state index contributed by atoms with van der Waals surface area (Å²) in [6, 6.07) is 7.67. The van der Waals surface area contributed by atoms with Crippen molar-refractivity contribution < 1.29 is 9.05 Å². The molecule has 0 aliphatic rings. The predicted octanol–water partition coefficient (Wildman–Crippen LogP) is 21.4. The van der Waals surface area contributed by atoms with E-state index < -0.39 is 0 Å². The Balaban J connectivity index is -0.0000000473. The Morgan fingerprint density at radius 1 is 0.333 bits per heavy atom. The van der Waals surface area contributed by atoms with Crippen LogP contribution in [0.5, 0.6) is 0 Å². The molecule has 0 atom stereocenters. The molecule has 6 aromatic heterocycles. The van der Waals surface area contributed by atoms with E-state index in [1.807, 2.05) is 123 Å². The van der Waals surface area contributed by atoms with Gasteiger partial charge < -0.3 is 9.05 Å². The monoisotopic (exact) mass is 1010 g/mol. The Morgan fingerprint density at radius 2 is 0.758 bits per heavy atom. The summed E-state index contributed by atoms with van der Waals surface area (Å²) in [7, 11) is 0. The van der Waals surface area contributed by atoms with Crippen LogP contribution in [0.3, 0.4) is 0 Å². The van der Waals surface area contributed by atoms with Gasteiger partial charge in [-0.1, -0.05) is 230 Å². The van der Waals surface area contributed by atoms with E-state index in [0.29, 0.717) is 0 Å². The number of thiazole rings is 1. The minimum atomic E-state index is 0.833. The lowest BCUT2D eigenvalue weighted by molar-refractivity contribution is 0.416. The summed E-state index contributed by atoms with van der Waals surface area (Å²) in [6.07, 6.45) is 10.8. The molecule has 6 aromatic rings. The maximum atomic E-state index is 4.33. The van der Waals surface area contributed by atoms with Gasteiger partial charge in [0, 0.05) is 23.2 Å². The average molecular weight is 1010 g/mol. The van der Waals surface area contributed by atoms with E-state index in [4.69, 9.17) is 0 Å². The first-order valence-electron chi connectivity index (χ1n) is 24.3. The van der Waals surface area contributed by atoms with E-state index in [1.165, 1.54) is 48.4 Å². The smallest absolute Gasteiger partial charge is 0.213 e. The van der Waals surface area contributed by atoms with Gasteiger partial charge in [0.05, 0.1) is 11.7 Å². The first-order valence-corrected chi connectivity index (χ1v) is 27.8. The van der Waals surface area contributed by atoms with Crippen LogP contribution in [0, 0.1) is 35.5 Å². The zero-order valence-electron chi connectivity index (χ0n) is 48.9. The molecule has 13 heteroatoms. The molecule has 0 fully saturated rings. The highest BCUT2D eigenvalue weighted by molar-refractivity contribution is 7.07. The highest BCUT2D eigenvalue weighted by Gasteiger charge is 1.70. The number of thiophene rings is 1. The summed E-state index contributed by atoms with van der Waals surface area (Å²) in [5, 5.41) is 14.5. The fraction of sp³-hybridized carbons (Fsp3) is 0.679. The van der Waals surface area contributed by atoms with Gasteiger partial charge >= 0.3 is 0 Å². The number of hydrogen-bond donors (Lipinski definition) is 0. The second-order valence-corrected chi connectivity index (χ2v) is 17.3. The molecule has 0 saturated heterocycles. The first-order chi connectivity index (χ1) is 31.4. The summed E-state index contributed by atoms with van der Waals surface area (Å²) >= 11 is 6.13. The van der Waals surface area contributed by atoms with Crippen molar-refractivity contribution in [1.82, 2.24) is 34.0 Å². The molecule has 0 bridgehead atoms. The summed E-state index contributed by atoms with van der Waals surface area (Å²) in [5.74, 6) is 5.00. The van der Waals surface area contributed by atoms with Gasteiger partial charge in [0.25, 0.3) is 0 Å². The van der Waals surface area contributed by atoms with Crippen LogP contribution in [0.2, 0.25) is 0 Å². The molecule has 0 saturated carbocycles. The largest absolute Gasteiger partial charge is 0.365 e. The van der Waals surface area contributed by atoms with E-state index in [-0.39, 0.29) is 0 Å². The zero-order valence-corrected chi connectivity index (χ0v) is 52.1. The maximum Gasteiger partial charge on any atom is 0.213 e. The zero-order chi connectivity index (χ0) is 54.7. The third-order valence-electron chi connectivity index (χ3n) is 2.03. The fourth-order valence-electron chi connectivity index (χ4n) is 1.03. The number of nitrogens with zero attached hydrogens (tertiary/aromatic N) is 7. The van der Waals surface area contributed by atoms with Gasteiger partial charge in [-0.3, -0.25) is 4.98 Å². The lowest BCUT2D eigenvalue weighted by atomic mass is 10.3. The van der Waals surface area contributed by atoms with Gasteiger partial charge in [0.2, 0.25) is 6.39 Å². The topological polar surface area (TPSA) is 117 Å².